The van der Waals surface area contributed by atoms with Gasteiger partial charge in [-0.15, -0.1) is 0 Å². The maximum absolute atomic E-state index is 10.3. The zero-order valence-electron chi connectivity index (χ0n) is 19.0. The summed E-state index contributed by atoms with van der Waals surface area (Å²) in [7, 11) is 0. The topological polar surface area (TPSA) is 118 Å². The molecular formula is C22H42MgO6. The van der Waals surface area contributed by atoms with E-state index in [-0.39, 0.29) is 23.1 Å². The maximum Gasteiger partial charge on any atom is 2.00 e. The molecule has 0 saturated heterocycles. The predicted molar refractivity (Wildman–Crippen MR) is 114 cm³/mol. The molecule has 0 rings (SSSR count). The van der Waals surface area contributed by atoms with Crippen molar-refractivity contribution in [1.82, 2.24) is 0 Å². The van der Waals surface area contributed by atoms with Crippen LogP contribution in [0.25, 0.3) is 0 Å². The van der Waals surface area contributed by atoms with Crippen LogP contribution in [0, 0.1) is 0 Å². The molecule has 0 aromatic carbocycles. The Balaban J connectivity index is -0.000000294. The van der Waals surface area contributed by atoms with Gasteiger partial charge in [-0.2, -0.15) is 0 Å². The van der Waals surface area contributed by atoms with Gasteiger partial charge in [0, 0.05) is 18.4 Å². The minimum atomic E-state index is -1.08. The van der Waals surface area contributed by atoms with Crippen molar-refractivity contribution in [1.29, 1.82) is 0 Å². The molecule has 0 amide bonds. The molecule has 29 heavy (non-hydrogen) atoms. The van der Waals surface area contributed by atoms with Crippen molar-refractivity contribution in [3.05, 3.63) is 0 Å². The number of carbonyl (C=O) groups excluding carboxylic acids is 2. The van der Waals surface area contributed by atoms with Crippen LogP contribution in [0.1, 0.15) is 124 Å². The molecule has 0 spiro atoms. The Labute approximate surface area is 194 Å². The molecule has 0 fully saturated rings. The Morgan fingerprint density at radius 3 is 1.00 bits per heavy atom. The second-order valence-corrected chi connectivity index (χ2v) is 7.08. The minimum absolute atomic E-state index is 0. The quantitative estimate of drug-likeness (QED) is 0.298. The summed E-state index contributed by atoms with van der Waals surface area (Å²) < 4.78 is 0. The number of rotatable bonds is 16. The van der Waals surface area contributed by atoms with E-state index in [0.717, 1.165) is 26.7 Å². The van der Waals surface area contributed by atoms with Crippen molar-refractivity contribution in [2.45, 2.75) is 124 Å². The number of hydrogen-bond donors (Lipinski definition) is 1. The fourth-order valence-electron chi connectivity index (χ4n) is 2.65. The molecule has 0 aliphatic carbocycles. The van der Waals surface area contributed by atoms with Crippen molar-refractivity contribution < 1.29 is 29.7 Å². The largest absolute Gasteiger partial charge is 2.00 e. The molecule has 0 aromatic rings. The summed E-state index contributed by atoms with van der Waals surface area (Å²) >= 11 is 0. The molecule has 0 aliphatic rings. The van der Waals surface area contributed by atoms with Gasteiger partial charge in [-0.3, -0.25) is 4.79 Å². The fourth-order valence-corrected chi connectivity index (χ4v) is 2.65. The van der Waals surface area contributed by atoms with E-state index in [2.05, 4.69) is 6.92 Å². The van der Waals surface area contributed by atoms with Crippen LogP contribution in [-0.2, 0) is 14.4 Å². The third-order valence-corrected chi connectivity index (χ3v) is 3.99. The number of unbranched alkanes of at least 4 members (excludes halogenated alkanes) is 14. The third-order valence-electron chi connectivity index (χ3n) is 3.99. The summed E-state index contributed by atoms with van der Waals surface area (Å²) in [5.41, 5.74) is 0. The first-order valence-corrected chi connectivity index (χ1v) is 10.8. The molecule has 0 aromatic heterocycles. The van der Waals surface area contributed by atoms with Gasteiger partial charge in [0.25, 0.3) is 0 Å². The molecule has 7 heteroatoms. The molecule has 6 nitrogen and oxygen atoms in total. The van der Waals surface area contributed by atoms with Gasteiger partial charge < -0.3 is 24.9 Å². The molecular weight excluding hydrogens is 385 g/mol. The second kappa shape index (κ2) is 31.9. The van der Waals surface area contributed by atoms with Gasteiger partial charge in [-0.1, -0.05) is 96.8 Å². The van der Waals surface area contributed by atoms with Crippen molar-refractivity contribution in [2.75, 3.05) is 0 Å². The standard InChI is InChI=1S/C18H36O2.2C2H4O2.Mg/c1-2-3-4-5-6-7-8-9-10-11-12-13-14-15-16-17-18(19)20;2*1-2(3)4;/h2-17H2,1H3,(H,19,20);2*1H3,(H,3,4);/q;;;+2/p-2. The zero-order valence-corrected chi connectivity index (χ0v) is 20.4. The summed E-state index contributed by atoms with van der Waals surface area (Å²) in [6.45, 7) is 4.21. The van der Waals surface area contributed by atoms with Crippen molar-refractivity contribution in [3.8, 4) is 0 Å². The normalized spacial score (nSPS) is 9.21. The van der Waals surface area contributed by atoms with E-state index in [1.54, 1.807) is 0 Å². The number of carbonyl (C=O) groups is 3. The number of carboxylic acids is 3. The summed E-state index contributed by atoms with van der Waals surface area (Å²) in [5, 5.41) is 26.3. The molecule has 0 saturated carbocycles. The molecule has 0 heterocycles. The average Bonchev–Trinajstić information content (AvgIpc) is 2.57. The first-order chi connectivity index (χ1) is 13.2. The van der Waals surface area contributed by atoms with E-state index >= 15 is 0 Å². The molecule has 0 bridgehead atoms. The summed E-state index contributed by atoms with van der Waals surface area (Å²) in [5.74, 6) is -2.82. The first kappa shape index (κ1) is 35.6. The smallest absolute Gasteiger partial charge is 0.550 e. The molecule has 168 valence electrons. The van der Waals surface area contributed by atoms with Crippen molar-refractivity contribution >= 4 is 41.0 Å². The number of hydrogen-bond acceptors (Lipinski definition) is 5. The molecule has 0 atom stereocenters. The van der Waals surface area contributed by atoms with Gasteiger partial charge in [0.1, 0.15) is 0 Å². The Bertz CT molecular complexity index is 341. The molecule has 0 aliphatic heterocycles. The zero-order chi connectivity index (χ0) is 22.0. The molecule has 1 N–H and O–H groups in total. The van der Waals surface area contributed by atoms with Gasteiger partial charge in [0.2, 0.25) is 0 Å². The van der Waals surface area contributed by atoms with E-state index < -0.39 is 17.9 Å². The van der Waals surface area contributed by atoms with Gasteiger partial charge in [-0.25, -0.2) is 0 Å². The Hall–Kier alpha value is -0.824. The minimum Gasteiger partial charge on any atom is -0.550 e. The second-order valence-electron chi connectivity index (χ2n) is 7.08. The van der Waals surface area contributed by atoms with Crippen LogP contribution in [-0.4, -0.2) is 46.1 Å². The van der Waals surface area contributed by atoms with Crippen molar-refractivity contribution in [3.63, 3.8) is 0 Å². The summed E-state index contributed by atoms with van der Waals surface area (Å²) in [6.07, 6.45) is 20.2. The summed E-state index contributed by atoms with van der Waals surface area (Å²) in [4.78, 5) is 28.1. The molecule has 0 unspecified atom stereocenters. The Morgan fingerprint density at radius 1 is 0.586 bits per heavy atom. The van der Waals surface area contributed by atoms with Crippen LogP contribution in [0.3, 0.4) is 0 Å². The maximum atomic E-state index is 10.3. The number of carboxylic acid groups (broad SMARTS) is 3. The molecule has 0 radical (unpaired) electrons. The monoisotopic (exact) mass is 426 g/mol. The van der Waals surface area contributed by atoms with E-state index in [4.69, 9.17) is 24.9 Å². The Morgan fingerprint density at radius 2 is 0.793 bits per heavy atom. The van der Waals surface area contributed by atoms with Crippen LogP contribution in [0.4, 0.5) is 0 Å². The third kappa shape index (κ3) is 65.8. The van der Waals surface area contributed by atoms with Crippen LogP contribution >= 0.6 is 0 Å². The van der Waals surface area contributed by atoms with E-state index in [1.165, 1.54) is 83.5 Å². The van der Waals surface area contributed by atoms with Crippen LogP contribution in [0.5, 0.6) is 0 Å². The van der Waals surface area contributed by atoms with E-state index in [0.29, 0.717) is 6.42 Å². The van der Waals surface area contributed by atoms with Gasteiger partial charge in [0.05, 0.1) is 0 Å². The van der Waals surface area contributed by atoms with Crippen molar-refractivity contribution in [2.24, 2.45) is 0 Å². The van der Waals surface area contributed by atoms with Gasteiger partial charge >= 0.3 is 29.0 Å². The van der Waals surface area contributed by atoms with Crippen LogP contribution < -0.4 is 10.2 Å². The van der Waals surface area contributed by atoms with Crippen LogP contribution in [0.15, 0.2) is 0 Å². The predicted octanol–water partition coefficient (Wildman–Crippen LogP) is 3.46. The van der Waals surface area contributed by atoms with E-state index in [1.807, 2.05) is 0 Å². The average molecular weight is 427 g/mol. The first-order valence-electron chi connectivity index (χ1n) is 10.8. The fraction of sp³-hybridized carbons (Fsp3) is 0.864. The van der Waals surface area contributed by atoms with E-state index in [9.17, 15) is 4.79 Å². The Kier molecular flexibility index (Phi) is 39.1. The summed E-state index contributed by atoms with van der Waals surface area (Å²) in [6, 6.07) is 0. The van der Waals surface area contributed by atoms with Gasteiger partial charge in [-0.05, 0) is 20.3 Å². The SMILES string of the molecule is CC(=O)[O-].CC(=O)[O-].CCCCCCCCCCCCCCCCCC(=O)O.[Mg+2]. The van der Waals surface area contributed by atoms with Gasteiger partial charge in [0.15, 0.2) is 0 Å². The van der Waals surface area contributed by atoms with Crippen LogP contribution in [0.2, 0.25) is 0 Å². The number of aliphatic carboxylic acids is 3.